The predicted octanol–water partition coefficient (Wildman–Crippen LogP) is 4.78. The van der Waals surface area contributed by atoms with Gasteiger partial charge in [-0.1, -0.05) is 35.9 Å². The van der Waals surface area contributed by atoms with Crippen molar-refractivity contribution in [2.24, 2.45) is 0 Å². The lowest BCUT2D eigenvalue weighted by molar-refractivity contribution is -0.133. The maximum Gasteiger partial charge on any atom is 0.272 e. The van der Waals surface area contributed by atoms with E-state index in [4.69, 9.17) is 11.6 Å². The number of carbonyl (C=O) groups is 1. The molecule has 29 heavy (non-hydrogen) atoms. The quantitative estimate of drug-likeness (QED) is 0.774. The molecule has 4 nitrogen and oxygen atoms in total. The van der Waals surface area contributed by atoms with E-state index in [0.717, 1.165) is 24.0 Å². The highest BCUT2D eigenvalue weighted by atomic mass is 35.5. The first-order valence-corrected chi connectivity index (χ1v) is 10.1. The molecule has 4 rings (SSSR count). The molecular weight excluding hydrogens is 398 g/mol. The van der Waals surface area contributed by atoms with Crippen molar-refractivity contribution in [3.8, 4) is 5.75 Å². The van der Waals surface area contributed by atoms with Crippen molar-refractivity contribution in [1.29, 1.82) is 0 Å². The third kappa shape index (κ3) is 4.09. The maximum atomic E-state index is 13.1. The second kappa shape index (κ2) is 7.58. The summed E-state index contributed by atoms with van der Waals surface area (Å²) in [5.74, 6) is -2.69. The minimum Gasteiger partial charge on any atom is -0.506 e. The number of amides is 1. The summed E-state index contributed by atoms with van der Waals surface area (Å²) in [6.07, 6.45) is 1.78. The van der Waals surface area contributed by atoms with Crippen molar-refractivity contribution in [3.63, 3.8) is 0 Å². The average molecular weight is 421 g/mol. The first-order valence-electron chi connectivity index (χ1n) is 9.73. The van der Waals surface area contributed by atoms with Crippen LogP contribution in [0.5, 0.6) is 5.75 Å². The van der Waals surface area contributed by atoms with E-state index >= 15 is 0 Å². The number of phenols is 1. The summed E-state index contributed by atoms with van der Waals surface area (Å²) < 4.78 is 26.0. The number of phenolic OH excluding ortho intramolecular Hbond substituents is 1. The zero-order valence-corrected chi connectivity index (χ0v) is 16.9. The molecule has 0 bridgehead atoms. The highest BCUT2D eigenvalue weighted by Gasteiger charge is 2.43. The van der Waals surface area contributed by atoms with E-state index < -0.39 is 5.92 Å². The van der Waals surface area contributed by atoms with Crippen LogP contribution in [-0.4, -0.2) is 46.4 Å². The number of hydrogen-bond acceptors (Lipinski definition) is 3. The molecule has 2 heterocycles. The molecule has 0 spiro atoms. The van der Waals surface area contributed by atoms with Crippen LogP contribution in [0.1, 0.15) is 45.9 Å². The molecule has 2 aromatic rings. The van der Waals surface area contributed by atoms with Gasteiger partial charge in [-0.25, -0.2) is 8.78 Å². The summed E-state index contributed by atoms with van der Waals surface area (Å²) >= 11 is 6.01. The monoisotopic (exact) mass is 420 g/mol. The molecule has 2 saturated heterocycles. The van der Waals surface area contributed by atoms with Gasteiger partial charge in [0.05, 0.1) is 24.2 Å². The molecule has 154 valence electrons. The van der Waals surface area contributed by atoms with Gasteiger partial charge in [0.15, 0.2) is 0 Å². The molecule has 0 unspecified atom stereocenters. The Morgan fingerprint density at radius 3 is 2.59 bits per heavy atom. The summed E-state index contributed by atoms with van der Waals surface area (Å²) in [4.78, 5) is 16.7. The van der Waals surface area contributed by atoms with Crippen molar-refractivity contribution in [3.05, 3.63) is 63.7 Å². The average Bonchev–Trinajstić information content (AvgIpc) is 3.13. The fraction of sp³-hybridized carbons (Fsp3) is 0.409. The minimum atomic E-state index is -2.56. The van der Waals surface area contributed by atoms with Gasteiger partial charge in [-0.15, -0.1) is 0 Å². The van der Waals surface area contributed by atoms with Crippen molar-refractivity contribution < 1.29 is 18.7 Å². The maximum absolute atomic E-state index is 13.1. The highest BCUT2D eigenvalue weighted by Crippen LogP contribution is 2.35. The lowest BCUT2D eigenvalue weighted by Gasteiger charge is -2.38. The summed E-state index contributed by atoms with van der Waals surface area (Å²) in [5, 5.41) is 9.90. The summed E-state index contributed by atoms with van der Waals surface area (Å²) in [7, 11) is 0. The van der Waals surface area contributed by atoms with E-state index in [0.29, 0.717) is 24.2 Å². The summed E-state index contributed by atoms with van der Waals surface area (Å²) in [5.41, 5.74) is 3.21. The van der Waals surface area contributed by atoms with E-state index in [1.807, 2.05) is 29.2 Å². The molecule has 0 radical (unpaired) electrons. The van der Waals surface area contributed by atoms with Crippen LogP contribution >= 0.6 is 11.6 Å². The zero-order valence-electron chi connectivity index (χ0n) is 16.2. The number of likely N-dealkylation sites (tertiary alicyclic amines) is 2. The van der Waals surface area contributed by atoms with Crippen molar-refractivity contribution >= 4 is 17.5 Å². The number of halogens is 3. The number of nitrogens with zero attached hydrogens (tertiary/aromatic N) is 2. The van der Waals surface area contributed by atoms with E-state index in [9.17, 15) is 18.7 Å². The number of hydrogen-bond donors (Lipinski definition) is 1. The van der Waals surface area contributed by atoms with Crippen LogP contribution in [-0.2, 0) is 6.54 Å². The van der Waals surface area contributed by atoms with E-state index in [-0.39, 0.29) is 35.8 Å². The van der Waals surface area contributed by atoms with E-state index in [1.54, 1.807) is 11.8 Å². The summed E-state index contributed by atoms with van der Waals surface area (Å²) in [6, 6.07) is 10.9. The number of alkyl halides is 2. The second-order valence-electron chi connectivity index (χ2n) is 8.02. The molecule has 1 atom stereocenters. The molecule has 0 aliphatic carbocycles. The molecule has 0 saturated carbocycles. The van der Waals surface area contributed by atoms with E-state index in [1.165, 1.54) is 12.1 Å². The van der Waals surface area contributed by atoms with Crippen LogP contribution < -0.4 is 0 Å². The minimum absolute atomic E-state index is 0.0307. The number of rotatable bonds is 4. The third-order valence-electron chi connectivity index (χ3n) is 5.72. The fourth-order valence-electron chi connectivity index (χ4n) is 4.23. The van der Waals surface area contributed by atoms with Crippen molar-refractivity contribution in [1.82, 2.24) is 9.80 Å². The molecule has 2 aromatic carbocycles. The van der Waals surface area contributed by atoms with Gasteiger partial charge in [0.25, 0.3) is 11.8 Å². The van der Waals surface area contributed by atoms with Crippen molar-refractivity contribution in [2.45, 2.75) is 38.3 Å². The standard InChI is InChI=1S/C22H23ClF2N2O2/c1-14-9-20(28)18(23)10-17(14)21(29)27-8-2-3-19(27)16-6-4-15(5-7-16)11-26-12-22(24,25)13-26/h4-7,9-10,19,28H,2-3,8,11-13H2,1H3/t19-/m0/s1. The summed E-state index contributed by atoms with van der Waals surface area (Å²) in [6.45, 7) is 2.57. The lowest BCUT2D eigenvalue weighted by atomic mass is 10.0. The van der Waals surface area contributed by atoms with Gasteiger partial charge in [-0.3, -0.25) is 9.69 Å². The first-order chi connectivity index (χ1) is 13.7. The molecule has 1 amide bonds. The van der Waals surface area contributed by atoms with Gasteiger partial charge < -0.3 is 10.0 Å². The number of carbonyl (C=O) groups excluding carboxylic acids is 1. The van der Waals surface area contributed by atoms with Crippen molar-refractivity contribution in [2.75, 3.05) is 19.6 Å². The molecule has 0 aromatic heterocycles. The Kier molecular flexibility index (Phi) is 5.25. The van der Waals surface area contributed by atoms with Crippen LogP contribution in [0.4, 0.5) is 8.78 Å². The topological polar surface area (TPSA) is 43.8 Å². The Labute approximate surface area is 173 Å². The van der Waals surface area contributed by atoms with Gasteiger partial charge in [0, 0.05) is 18.7 Å². The Morgan fingerprint density at radius 2 is 1.93 bits per heavy atom. The van der Waals surface area contributed by atoms with Gasteiger partial charge in [-0.2, -0.15) is 0 Å². The largest absolute Gasteiger partial charge is 0.506 e. The number of benzene rings is 2. The predicted molar refractivity (Wildman–Crippen MR) is 108 cm³/mol. The van der Waals surface area contributed by atoms with Gasteiger partial charge in [0.2, 0.25) is 0 Å². The Hall–Kier alpha value is -2.18. The normalized spacial score (nSPS) is 21.2. The number of aromatic hydroxyl groups is 1. The SMILES string of the molecule is Cc1cc(O)c(Cl)cc1C(=O)N1CCC[C@H]1c1ccc(CN2CC(F)(F)C2)cc1. The fourth-order valence-corrected chi connectivity index (χ4v) is 4.39. The highest BCUT2D eigenvalue weighted by molar-refractivity contribution is 6.32. The lowest BCUT2D eigenvalue weighted by Crippen LogP contribution is -2.55. The Balaban J connectivity index is 1.48. The van der Waals surface area contributed by atoms with E-state index in [2.05, 4.69) is 0 Å². The van der Waals surface area contributed by atoms with Gasteiger partial charge >= 0.3 is 0 Å². The smallest absolute Gasteiger partial charge is 0.272 e. The third-order valence-corrected chi connectivity index (χ3v) is 6.02. The van der Waals surface area contributed by atoms with Crippen LogP contribution in [0.3, 0.4) is 0 Å². The Morgan fingerprint density at radius 1 is 1.24 bits per heavy atom. The molecular formula is C22H23ClF2N2O2. The van der Waals surface area contributed by atoms with Crippen LogP contribution in [0.2, 0.25) is 5.02 Å². The zero-order chi connectivity index (χ0) is 20.8. The van der Waals surface area contributed by atoms with Crippen LogP contribution in [0.15, 0.2) is 36.4 Å². The number of aryl methyl sites for hydroxylation is 1. The second-order valence-corrected chi connectivity index (χ2v) is 8.43. The molecule has 2 fully saturated rings. The van der Waals surface area contributed by atoms with Gasteiger partial charge in [0.1, 0.15) is 5.75 Å². The van der Waals surface area contributed by atoms with Gasteiger partial charge in [-0.05, 0) is 48.6 Å². The Bertz CT molecular complexity index is 925. The van der Waals surface area contributed by atoms with Crippen LogP contribution in [0.25, 0.3) is 0 Å². The molecule has 1 N–H and O–H groups in total. The first kappa shape index (κ1) is 20.1. The molecule has 7 heteroatoms. The molecule has 2 aliphatic rings. The van der Waals surface area contributed by atoms with Crippen LogP contribution in [0, 0.1) is 6.92 Å². The molecule has 2 aliphatic heterocycles.